The number of nitrogens with zero attached hydrogens (tertiary/aromatic N) is 1. The average Bonchev–Trinajstić information content (AvgIpc) is 3.08. The second-order valence-corrected chi connectivity index (χ2v) is 10.8. The molecule has 5 nitrogen and oxygen atoms in total. The van der Waals surface area contributed by atoms with Gasteiger partial charge in [-0.1, -0.05) is 80.4 Å². The van der Waals surface area contributed by atoms with Gasteiger partial charge in [0.05, 0.1) is 31.7 Å². The predicted molar refractivity (Wildman–Crippen MR) is 125 cm³/mol. The first kappa shape index (κ1) is 19.9. The van der Waals surface area contributed by atoms with Crippen molar-refractivity contribution in [1.82, 2.24) is 0 Å². The number of hydrogen-bond donors (Lipinski definition) is 1. The van der Waals surface area contributed by atoms with Gasteiger partial charge in [-0.15, -0.1) is 0 Å². The van der Waals surface area contributed by atoms with Crippen molar-refractivity contribution in [2.75, 3.05) is 4.90 Å². The lowest BCUT2D eigenvalue weighted by molar-refractivity contribution is -0.122. The lowest BCUT2D eigenvalue weighted by Crippen LogP contribution is -2.56. The highest BCUT2D eigenvalue weighted by Gasteiger charge is 2.72. The summed E-state index contributed by atoms with van der Waals surface area (Å²) in [6.07, 6.45) is 0. The van der Waals surface area contributed by atoms with Gasteiger partial charge in [-0.05, 0) is 46.5 Å². The van der Waals surface area contributed by atoms with Crippen LogP contribution in [-0.2, 0) is 18.2 Å². The van der Waals surface area contributed by atoms with Crippen LogP contribution in [0, 0.1) is 11.8 Å². The van der Waals surface area contributed by atoms with Gasteiger partial charge in [0.1, 0.15) is 0 Å². The molecule has 1 saturated heterocycles. The number of carboxylic acids is 1. The minimum atomic E-state index is -1.06. The molecule has 0 saturated carbocycles. The smallest absolute Gasteiger partial charge is 0.335 e. The van der Waals surface area contributed by atoms with Gasteiger partial charge >= 0.3 is 5.97 Å². The zero-order valence-electron chi connectivity index (χ0n) is 16.5. The summed E-state index contributed by atoms with van der Waals surface area (Å²) in [5.74, 6) is -2.97. The Kier molecular flexibility index (Phi) is 3.97. The van der Waals surface area contributed by atoms with Crippen molar-refractivity contribution in [3.63, 3.8) is 0 Å². The van der Waals surface area contributed by atoms with Gasteiger partial charge in [-0.25, -0.2) is 9.69 Å². The van der Waals surface area contributed by atoms with Gasteiger partial charge in [0.2, 0.25) is 11.8 Å². The normalized spacial score (nSPS) is 29.5. The molecule has 2 atom stereocenters. The Morgan fingerprint density at radius 1 is 0.719 bits per heavy atom. The van der Waals surface area contributed by atoms with Crippen LogP contribution < -0.4 is 4.90 Å². The van der Waals surface area contributed by atoms with E-state index in [4.69, 9.17) is 0 Å². The van der Waals surface area contributed by atoms with E-state index < -0.39 is 26.5 Å². The lowest BCUT2D eigenvalue weighted by Gasteiger charge is -2.55. The molecule has 1 heterocycles. The van der Waals surface area contributed by atoms with E-state index in [1.807, 2.05) is 48.5 Å². The molecule has 3 aliphatic carbocycles. The SMILES string of the molecule is O=C(O)c1ccc(N2C(=O)C3C(C2=O)C2(Br)c4ccccc4C3(Br)c3ccccc32)cc1. The number of carbonyl (C=O) groups is 3. The number of carbonyl (C=O) groups excluding carboxylic acids is 2. The van der Waals surface area contributed by atoms with E-state index in [-0.39, 0.29) is 17.4 Å². The van der Waals surface area contributed by atoms with E-state index in [9.17, 15) is 19.5 Å². The van der Waals surface area contributed by atoms with Crippen molar-refractivity contribution in [3.05, 3.63) is 101 Å². The standard InChI is InChI=1S/C25H15Br2NO4/c26-24-15-5-1-2-6-16(15)25(27,18-8-4-3-7-17(18)24)20-19(24)21(29)28(22(20)30)14-11-9-13(10-12-14)23(31)32/h1-12,19-20H,(H,31,32). The molecule has 2 bridgehead atoms. The summed E-state index contributed by atoms with van der Waals surface area (Å²) < 4.78 is -1.69. The Morgan fingerprint density at radius 2 is 1.09 bits per heavy atom. The van der Waals surface area contributed by atoms with Gasteiger partial charge in [-0.2, -0.15) is 0 Å². The van der Waals surface area contributed by atoms with Crippen LogP contribution in [0.2, 0.25) is 0 Å². The first-order valence-corrected chi connectivity index (χ1v) is 11.7. The molecule has 0 aromatic heterocycles. The van der Waals surface area contributed by atoms with E-state index in [1.54, 1.807) is 0 Å². The summed E-state index contributed by atoms with van der Waals surface area (Å²) in [4.78, 5) is 40.2. The highest BCUT2D eigenvalue weighted by molar-refractivity contribution is 9.10. The van der Waals surface area contributed by atoms with E-state index >= 15 is 0 Å². The fourth-order valence-electron chi connectivity index (χ4n) is 5.67. The highest BCUT2D eigenvalue weighted by atomic mass is 79.9. The number of halogens is 2. The Labute approximate surface area is 200 Å². The Hall–Kier alpha value is -2.77. The van der Waals surface area contributed by atoms with E-state index in [0.29, 0.717) is 5.69 Å². The number of alkyl halides is 2. The summed E-state index contributed by atoms with van der Waals surface area (Å²) in [7, 11) is 0. The van der Waals surface area contributed by atoms with Gasteiger partial charge in [0.15, 0.2) is 0 Å². The quantitative estimate of drug-likeness (QED) is 0.366. The molecule has 2 amide bonds. The molecule has 158 valence electrons. The lowest BCUT2D eigenvalue weighted by atomic mass is 9.54. The molecule has 7 rings (SSSR count). The monoisotopic (exact) mass is 551 g/mol. The Morgan fingerprint density at radius 3 is 1.44 bits per heavy atom. The third kappa shape index (κ3) is 2.16. The van der Waals surface area contributed by atoms with Crippen molar-refractivity contribution in [3.8, 4) is 0 Å². The van der Waals surface area contributed by atoms with Gasteiger partial charge in [-0.3, -0.25) is 9.59 Å². The van der Waals surface area contributed by atoms with Crippen molar-refractivity contribution < 1.29 is 19.5 Å². The molecular formula is C25H15Br2NO4. The molecule has 0 radical (unpaired) electrons. The number of carboxylic acid groups (broad SMARTS) is 1. The molecule has 1 N–H and O–H groups in total. The molecule has 0 spiro atoms. The van der Waals surface area contributed by atoms with Crippen LogP contribution in [-0.4, -0.2) is 22.9 Å². The maximum Gasteiger partial charge on any atom is 0.335 e. The van der Waals surface area contributed by atoms with Crippen molar-refractivity contribution in [2.45, 2.75) is 8.65 Å². The first-order chi connectivity index (χ1) is 15.3. The summed E-state index contributed by atoms with van der Waals surface area (Å²) in [6.45, 7) is 0. The van der Waals surface area contributed by atoms with Gasteiger partial charge < -0.3 is 5.11 Å². The van der Waals surface area contributed by atoms with Gasteiger partial charge in [0.25, 0.3) is 0 Å². The average molecular weight is 553 g/mol. The van der Waals surface area contributed by atoms with E-state index in [1.165, 1.54) is 29.2 Å². The summed E-state index contributed by atoms with van der Waals surface area (Å²) >= 11 is 7.92. The fraction of sp³-hybridized carbons (Fsp3) is 0.160. The minimum absolute atomic E-state index is 0.0964. The Balaban J connectivity index is 1.60. The number of hydrogen-bond acceptors (Lipinski definition) is 3. The third-order valence-electron chi connectivity index (χ3n) is 6.96. The summed E-state index contributed by atoms with van der Waals surface area (Å²) in [6, 6.07) is 21.7. The molecule has 1 aliphatic heterocycles. The third-order valence-corrected chi connectivity index (χ3v) is 9.65. The molecule has 1 fully saturated rings. The molecule has 2 unspecified atom stereocenters. The number of rotatable bonds is 2. The summed E-state index contributed by atoms with van der Waals surface area (Å²) in [5.41, 5.74) is 4.36. The van der Waals surface area contributed by atoms with Crippen LogP contribution in [0.25, 0.3) is 0 Å². The zero-order chi connectivity index (χ0) is 22.4. The largest absolute Gasteiger partial charge is 0.478 e. The molecule has 4 aliphatic rings. The van der Waals surface area contributed by atoms with Crippen LogP contribution >= 0.6 is 31.9 Å². The summed E-state index contributed by atoms with van der Waals surface area (Å²) in [5, 5.41) is 9.20. The van der Waals surface area contributed by atoms with Crippen molar-refractivity contribution >= 4 is 55.3 Å². The molecular weight excluding hydrogens is 538 g/mol. The maximum absolute atomic E-state index is 13.9. The number of benzene rings is 3. The van der Waals surface area contributed by atoms with Crippen LogP contribution in [0.15, 0.2) is 72.8 Å². The molecule has 7 heteroatoms. The van der Waals surface area contributed by atoms with Crippen LogP contribution in [0.4, 0.5) is 5.69 Å². The van der Waals surface area contributed by atoms with Crippen molar-refractivity contribution in [1.29, 1.82) is 0 Å². The fourth-order valence-corrected chi connectivity index (χ4v) is 7.98. The van der Waals surface area contributed by atoms with Crippen molar-refractivity contribution in [2.24, 2.45) is 11.8 Å². The molecule has 3 aromatic rings. The topological polar surface area (TPSA) is 74.7 Å². The van der Waals surface area contributed by atoms with Crippen LogP contribution in [0.1, 0.15) is 32.6 Å². The second-order valence-electron chi connectivity index (χ2n) is 8.33. The zero-order valence-corrected chi connectivity index (χ0v) is 19.6. The minimum Gasteiger partial charge on any atom is -0.478 e. The molecule has 32 heavy (non-hydrogen) atoms. The number of imide groups is 1. The number of anilines is 1. The maximum atomic E-state index is 13.9. The number of amides is 2. The van der Waals surface area contributed by atoms with Gasteiger partial charge in [0, 0.05) is 0 Å². The first-order valence-electron chi connectivity index (χ1n) is 10.1. The highest BCUT2D eigenvalue weighted by Crippen LogP contribution is 2.70. The molecule has 3 aromatic carbocycles. The Bertz CT molecular complexity index is 1230. The van der Waals surface area contributed by atoms with Crippen LogP contribution in [0.5, 0.6) is 0 Å². The number of aromatic carboxylic acids is 1. The van der Waals surface area contributed by atoms with Crippen LogP contribution in [0.3, 0.4) is 0 Å². The van der Waals surface area contributed by atoms with E-state index in [2.05, 4.69) is 31.9 Å². The van der Waals surface area contributed by atoms with E-state index in [0.717, 1.165) is 22.3 Å². The second kappa shape index (κ2) is 6.39. The predicted octanol–water partition coefficient (Wildman–Crippen LogP) is 4.79.